The predicted octanol–water partition coefficient (Wildman–Crippen LogP) is 6.04. The maximum Gasteiger partial charge on any atom is 0.452 e. The average molecular weight is 615 g/mol. The first kappa shape index (κ1) is 32.2. The molecule has 2 rings (SSSR count). The van der Waals surface area contributed by atoms with Gasteiger partial charge in [-0.1, -0.05) is 61.5 Å². The van der Waals surface area contributed by atoms with Crippen molar-refractivity contribution in [3.63, 3.8) is 0 Å². The van der Waals surface area contributed by atoms with Crippen molar-refractivity contribution in [3.05, 3.63) is 65.7 Å². The first-order valence-electron chi connectivity index (χ1n) is 10.4. The van der Waals surface area contributed by atoms with Crippen LogP contribution in [0.5, 0.6) is 5.75 Å². The van der Waals surface area contributed by atoms with Gasteiger partial charge in [-0.15, -0.1) is 0 Å². The smallest absolute Gasteiger partial charge is 0.378 e. The zero-order valence-electron chi connectivity index (χ0n) is 19.6. The molecule has 0 aromatic heterocycles. The quantitative estimate of drug-likeness (QED) is 0.132. The number of rotatable bonds is 11. The second-order valence-corrected chi connectivity index (χ2v) is 11.0. The van der Waals surface area contributed by atoms with Gasteiger partial charge in [0.2, 0.25) is 0 Å². The highest BCUT2D eigenvalue weighted by Gasteiger charge is 2.84. The summed E-state index contributed by atoms with van der Waals surface area (Å²) < 4.78 is 179. The SMILES string of the molecule is CCC(C)c1ccc(OS(=O)(=O)C(F)(F)C(F)(F)C(F)(F)S(=O)(=O)O/N=C(/c2ccccc2)C(F)(F)F)cc1. The summed E-state index contributed by atoms with van der Waals surface area (Å²) in [4.78, 5) is 0. The lowest BCUT2D eigenvalue weighted by Crippen LogP contribution is -2.61. The summed E-state index contributed by atoms with van der Waals surface area (Å²) in [5.74, 6) is -8.45. The third kappa shape index (κ3) is 6.26. The molecule has 7 nitrogen and oxygen atoms in total. The van der Waals surface area contributed by atoms with Crippen LogP contribution in [0.25, 0.3) is 0 Å². The second-order valence-electron chi connectivity index (χ2n) is 7.86. The molecule has 1 unspecified atom stereocenters. The molecule has 18 heteroatoms. The molecule has 0 saturated heterocycles. The zero-order chi connectivity index (χ0) is 30.1. The summed E-state index contributed by atoms with van der Waals surface area (Å²) in [5, 5.41) is -12.2. The first-order valence-corrected chi connectivity index (χ1v) is 13.2. The maximum atomic E-state index is 14.3. The van der Waals surface area contributed by atoms with E-state index in [1.165, 1.54) is 18.2 Å². The van der Waals surface area contributed by atoms with Gasteiger partial charge < -0.3 is 4.18 Å². The Morgan fingerprint density at radius 1 is 0.795 bits per heavy atom. The largest absolute Gasteiger partial charge is 0.452 e. The van der Waals surface area contributed by atoms with E-state index >= 15 is 0 Å². The number of alkyl halides is 9. The fourth-order valence-corrected chi connectivity index (χ4v) is 4.43. The van der Waals surface area contributed by atoms with E-state index < -0.39 is 59.9 Å². The molecule has 0 aliphatic rings. The van der Waals surface area contributed by atoms with Crippen molar-refractivity contribution < 1.29 is 64.8 Å². The lowest BCUT2D eigenvalue weighted by atomic mass is 9.99. The van der Waals surface area contributed by atoms with E-state index in [4.69, 9.17) is 0 Å². The molecule has 0 fully saturated rings. The molecule has 2 aromatic carbocycles. The Bertz CT molecular complexity index is 1390. The summed E-state index contributed by atoms with van der Waals surface area (Å²) in [6.45, 7) is 3.50. The zero-order valence-corrected chi connectivity index (χ0v) is 21.2. The Labute approximate surface area is 216 Å². The molecule has 0 N–H and O–H groups in total. The van der Waals surface area contributed by atoms with Gasteiger partial charge in [-0.3, -0.25) is 4.28 Å². The number of hydrogen-bond donors (Lipinski definition) is 0. The normalized spacial score (nSPS) is 15.1. The number of hydrogen-bond acceptors (Lipinski definition) is 7. The van der Waals surface area contributed by atoms with Crippen LogP contribution in [0.3, 0.4) is 0 Å². The highest BCUT2D eigenvalue weighted by atomic mass is 32.2. The molecular formula is C21H18F9NO6S2. The minimum Gasteiger partial charge on any atom is -0.378 e. The summed E-state index contributed by atoms with van der Waals surface area (Å²) >= 11 is 0. The van der Waals surface area contributed by atoms with Crippen LogP contribution in [-0.4, -0.2) is 45.2 Å². The number of oxime groups is 1. The van der Waals surface area contributed by atoms with Crippen molar-refractivity contribution in [3.8, 4) is 5.75 Å². The van der Waals surface area contributed by atoms with Crippen LogP contribution >= 0.6 is 0 Å². The molecule has 2 aromatic rings. The van der Waals surface area contributed by atoms with Crippen molar-refractivity contribution in [2.45, 2.75) is 48.8 Å². The number of benzene rings is 2. The molecule has 0 bridgehead atoms. The Kier molecular flexibility index (Phi) is 8.97. The molecule has 0 aliphatic carbocycles. The highest BCUT2D eigenvalue weighted by Crippen LogP contribution is 2.51. The van der Waals surface area contributed by atoms with E-state index in [1.807, 2.05) is 5.16 Å². The van der Waals surface area contributed by atoms with Crippen LogP contribution in [0.2, 0.25) is 0 Å². The monoisotopic (exact) mass is 615 g/mol. The molecule has 218 valence electrons. The van der Waals surface area contributed by atoms with Crippen LogP contribution in [0.4, 0.5) is 39.5 Å². The summed E-state index contributed by atoms with van der Waals surface area (Å²) in [6.07, 6.45) is -5.01. The maximum absolute atomic E-state index is 14.3. The predicted molar refractivity (Wildman–Crippen MR) is 119 cm³/mol. The van der Waals surface area contributed by atoms with E-state index in [0.29, 0.717) is 24.1 Å². The van der Waals surface area contributed by atoms with Gasteiger partial charge in [-0.05, 0) is 30.0 Å². The standard InChI is InChI=1S/C21H18F9NO6S2/c1-3-13(2)14-9-11-16(12-10-14)36-38(32,33)20(27,28)19(25,26)21(29,30)39(34,35)37-31-17(18(22,23)24)15-7-5-4-6-8-15/h4-13H,3H2,1-2H3/b31-17-. The molecule has 39 heavy (non-hydrogen) atoms. The van der Waals surface area contributed by atoms with Crippen LogP contribution in [0.1, 0.15) is 37.3 Å². The molecule has 0 amide bonds. The Hall–Kier alpha value is -3.02. The van der Waals surface area contributed by atoms with Gasteiger partial charge in [0, 0.05) is 5.56 Å². The Morgan fingerprint density at radius 2 is 1.28 bits per heavy atom. The van der Waals surface area contributed by atoms with Gasteiger partial charge in [0.05, 0.1) is 0 Å². The van der Waals surface area contributed by atoms with E-state index in [1.54, 1.807) is 13.8 Å². The van der Waals surface area contributed by atoms with Gasteiger partial charge in [0.15, 0.2) is 5.71 Å². The van der Waals surface area contributed by atoms with Crippen LogP contribution < -0.4 is 4.18 Å². The first-order chi connectivity index (χ1) is 17.6. The molecule has 0 aliphatic heterocycles. The van der Waals surface area contributed by atoms with E-state index in [9.17, 15) is 56.3 Å². The fraction of sp³-hybridized carbons (Fsp3) is 0.381. The number of nitrogens with zero attached hydrogens (tertiary/aromatic N) is 1. The minimum absolute atomic E-state index is 0.104. The topological polar surface area (TPSA) is 99.1 Å². The lowest BCUT2D eigenvalue weighted by Gasteiger charge is -2.30. The molecule has 0 spiro atoms. The summed E-state index contributed by atoms with van der Waals surface area (Å²) in [6, 6.07) is 8.29. The van der Waals surface area contributed by atoms with Crippen molar-refractivity contribution in [1.82, 2.24) is 0 Å². The van der Waals surface area contributed by atoms with Crippen LogP contribution in [0, 0.1) is 0 Å². The Morgan fingerprint density at radius 3 is 1.74 bits per heavy atom. The highest BCUT2D eigenvalue weighted by molar-refractivity contribution is 7.89. The van der Waals surface area contributed by atoms with E-state index in [-0.39, 0.29) is 5.92 Å². The van der Waals surface area contributed by atoms with Crippen molar-refractivity contribution in [2.75, 3.05) is 0 Å². The van der Waals surface area contributed by atoms with Crippen LogP contribution in [-0.2, 0) is 24.5 Å². The molecular weight excluding hydrogens is 597 g/mol. The Balaban J connectivity index is 2.43. The van der Waals surface area contributed by atoms with Crippen LogP contribution in [0.15, 0.2) is 59.8 Å². The summed E-state index contributed by atoms with van der Waals surface area (Å²) in [7, 11) is -14.5. The van der Waals surface area contributed by atoms with Gasteiger partial charge in [-0.2, -0.15) is 56.3 Å². The molecule has 0 saturated carbocycles. The average Bonchev–Trinajstić information content (AvgIpc) is 2.83. The fourth-order valence-electron chi connectivity index (χ4n) is 2.75. The molecule has 1 atom stereocenters. The number of halogens is 9. The van der Waals surface area contributed by atoms with E-state index in [0.717, 1.165) is 24.3 Å². The third-order valence-electron chi connectivity index (χ3n) is 5.17. The third-order valence-corrected chi connectivity index (χ3v) is 7.62. The molecule has 0 radical (unpaired) electrons. The lowest BCUT2D eigenvalue weighted by molar-refractivity contribution is -0.247. The second kappa shape index (κ2) is 10.9. The van der Waals surface area contributed by atoms with E-state index in [2.05, 4.69) is 8.47 Å². The minimum atomic E-state index is -7.49. The molecule has 0 heterocycles. The summed E-state index contributed by atoms with van der Waals surface area (Å²) in [5.41, 5.74) is -2.74. The van der Waals surface area contributed by atoms with Crippen molar-refractivity contribution >= 4 is 25.9 Å². The van der Waals surface area contributed by atoms with Crippen molar-refractivity contribution in [2.24, 2.45) is 5.16 Å². The van der Waals surface area contributed by atoms with Gasteiger partial charge in [0.1, 0.15) is 5.75 Å². The van der Waals surface area contributed by atoms with Gasteiger partial charge in [-0.25, -0.2) is 0 Å². The van der Waals surface area contributed by atoms with Gasteiger partial charge in [0.25, 0.3) is 0 Å². The van der Waals surface area contributed by atoms with Gasteiger partial charge >= 0.3 is 42.8 Å². The van der Waals surface area contributed by atoms with Crippen molar-refractivity contribution in [1.29, 1.82) is 0 Å².